The van der Waals surface area contributed by atoms with Crippen molar-refractivity contribution in [1.82, 2.24) is 9.72 Å². The summed E-state index contributed by atoms with van der Waals surface area (Å²) in [4.78, 5) is 19.1. The number of amides is 1. The number of fused-ring (bicyclic) bond motifs is 2. The summed E-state index contributed by atoms with van der Waals surface area (Å²) in [5, 5.41) is 18.7. The van der Waals surface area contributed by atoms with E-state index in [0.29, 0.717) is 33.7 Å². The van der Waals surface area contributed by atoms with Crippen LogP contribution in [0, 0.1) is 0 Å². The van der Waals surface area contributed by atoms with Gasteiger partial charge < -0.3 is 24.2 Å². The van der Waals surface area contributed by atoms with Gasteiger partial charge in [0.1, 0.15) is 5.69 Å². The molecule has 2 aliphatic heterocycles. The van der Waals surface area contributed by atoms with Crippen LogP contribution in [0.1, 0.15) is 59.9 Å². The van der Waals surface area contributed by atoms with Gasteiger partial charge in [0.25, 0.3) is 5.91 Å². The van der Waals surface area contributed by atoms with Crippen LogP contribution < -0.4 is 10.8 Å². The lowest BCUT2D eigenvalue weighted by molar-refractivity contribution is -0.00737. The summed E-state index contributed by atoms with van der Waals surface area (Å²) in [7, 11) is -0.981. The van der Waals surface area contributed by atoms with E-state index in [0.717, 1.165) is 38.9 Å². The molecule has 2 aliphatic rings. The van der Waals surface area contributed by atoms with Crippen molar-refractivity contribution in [1.29, 1.82) is 0 Å². The number of halogens is 3. The summed E-state index contributed by atoms with van der Waals surface area (Å²) in [5.74, 6) is -0.231. The molecule has 0 saturated heterocycles. The molecule has 2 aromatic heterocycles. The first-order valence-electron chi connectivity index (χ1n) is 12.7. The summed E-state index contributed by atoms with van der Waals surface area (Å²) in [6.45, 7) is 6.06. The Morgan fingerprint density at radius 1 is 1.10 bits per heavy atom. The molecule has 4 aromatic rings. The molecule has 0 spiro atoms. The minimum atomic E-state index is -0.981. The van der Waals surface area contributed by atoms with Crippen molar-refractivity contribution in [3.05, 3.63) is 104 Å². The van der Waals surface area contributed by atoms with E-state index in [4.69, 9.17) is 44.3 Å². The maximum Gasteiger partial charge on any atom is 0.492 e. The number of hydrogen-bond donors (Lipinski definition) is 2. The van der Waals surface area contributed by atoms with Gasteiger partial charge in [-0.05, 0) is 73.8 Å². The number of hydrogen-bond acceptors (Lipinski definition) is 5. The molecule has 0 fully saturated rings. The van der Waals surface area contributed by atoms with Gasteiger partial charge >= 0.3 is 7.12 Å². The SMILES string of the molecule is CC1(C)OB(O)c2cc(CNC(=O)c3ccc(C4=NOC(C)(c5cc(Cl)c(Cl)c(Cl)c5)C4)c4cccn34)ccc21. The van der Waals surface area contributed by atoms with E-state index in [-0.39, 0.29) is 5.91 Å². The van der Waals surface area contributed by atoms with Crippen LogP contribution in [-0.2, 0) is 27.2 Å². The van der Waals surface area contributed by atoms with Gasteiger partial charge in [0, 0.05) is 30.3 Å². The smallest absolute Gasteiger partial charge is 0.423 e. The Morgan fingerprint density at radius 2 is 1.85 bits per heavy atom. The third-order valence-electron chi connectivity index (χ3n) is 7.58. The molecular weight excluding hydrogens is 572 g/mol. The summed E-state index contributed by atoms with van der Waals surface area (Å²) in [5.41, 5.74) is 4.86. The number of benzene rings is 2. The third kappa shape index (κ3) is 4.58. The number of aromatic nitrogens is 1. The molecule has 4 heterocycles. The van der Waals surface area contributed by atoms with E-state index < -0.39 is 18.3 Å². The molecule has 0 aliphatic carbocycles. The van der Waals surface area contributed by atoms with Crippen molar-refractivity contribution in [2.75, 3.05) is 0 Å². The molecule has 1 amide bonds. The molecule has 11 heteroatoms. The Morgan fingerprint density at radius 3 is 2.60 bits per heavy atom. The topological polar surface area (TPSA) is 84.6 Å². The highest BCUT2D eigenvalue weighted by Gasteiger charge is 2.41. The van der Waals surface area contributed by atoms with Crippen LogP contribution in [0.5, 0.6) is 0 Å². The van der Waals surface area contributed by atoms with Crippen LogP contribution in [-0.4, -0.2) is 28.2 Å². The highest BCUT2D eigenvalue weighted by molar-refractivity contribution is 6.62. The molecule has 0 bridgehead atoms. The summed E-state index contributed by atoms with van der Waals surface area (Å²) < 4.78 is 7.48. The molecule has 204 valence electrons. The number of pyridine rings is 1. The third-order valence-corrected chi connectivity index (χ3v) is 8.78. The van der Waals surface area contributed by atoms with Crippen molar-refractivity contribution < 1.29 is 19.3 Å². The van der Waals surface area contributed by atoms with Crippen molar-refractivity contribution in [2.45, 2.75) is 44.9 Å². The second-order valence-electron chi connectivity index (χ2n) is 10.8. The van der Waals surface area contributed by atoms with Crippen molar-refractivity contribution >= 4 is 64.5 Å². The average molecular weight is 597 g/mol. The maximum atomic E-state index is 13.2. The Bertz CT molecular complexity index is 1700. The average Bonchev–Trinajstić information content (AvgIpc) is 3.62. The number of nitrogens with one attached hydrogen (secondary N) is 1. The standard InChI is InChI=1S/C29H25BCl3N3O4/c1-28(2)19-8-6-16(11-20(19)30(38)39-28)15-34-27(37)25-9-7-18(24-5-4-10-36(24)25)23-14-29(3,40-35-23)17-12-21(31)26(33)22(32)13-17/h4-13,38H,14-15H2,1-3H3,(H,34,37). The molecule has 2 aromatic carbocycles. The second kappa shape index (κ2) is 9.82. The molecular formula is C29H25BCl3N3O4. The zero-order valence-corrected chi connectivity index (χ0v) is 24.2. The lowest BCUT2D eigenvalue weighted by Crippen LogP contribution is -2.30. The van der Waals surface area contributed by atoms with Gasteiger partial charge in [-0.1, -0.05) is 58.2 Å². The van der Waals surface area contributed by atoms with Crippen LogP contribution in [0.25, 0.3) is 5.52 Å². The van der Waals surface area contributed by atoms with E-state index >= 15 is 0 Å². The minimum Gasteiger partial charge on any atom is -0.423 e. The highest BCUT2D eigenvalue weighted by Crippen LogP contribution is 2.41. The molecule has 0 radical (unpaired) electrons. The lowest BCUT2D eigenvalue weighted by atomic mass is 9.77. The van der Waals surface area contributed by atoms with Crippen LogP contribution in [0.4, 0.5) is 0 Å². The first kappa shape index (κ1) is 27.2. The first-order chi connectivity index (χ1) is 19.0. The normalized spacial score (nSPS) is 19.5. The Labute approximate surface area is 246 Å². The van der Waals surface area contributed by atoms with Crippen molar-refractivity contribution in [2.24, 2.45) is 5.16 Å². The van der Waals surface area contributed by atoms with Gasteiger partial charge in [-0.15, -0.1) is 0 Å². The summed E-state index contributed by atoms with van der Waals surface area (Å²) >= 11 is 18.7. The molecule has 6 rings (SSSR count). The van der Waals surface area contributed by atoms with Crippen LogP contribution in [0.15, 0.2) is 65.9 Å². The largest absolute Gasteiger partial charge is 0.492 e. The minimum absolute atomic E-state index is 0.231. The summed E-state index contributed by atoms with van der Waals surface area (Å²) in [6.07, 6.45) is 2.31. The highest BCUT2D eigenvalue weighted by atomic mass is 35.5. The van der Waals surface area contributed by atoms with Crippen molar-refractivity contribution in [3.8, 4) is 0 Å². The first-order valence-corrected chi connectivity index (χ1v) is 13.9. The van der Waals surface area contributed by atoms with E-state index in [2.05, 4.69) is 10.5 Å². The Kier molecular flexibility index (Phi) is 6.67. The quantitative estimate of drug-likeness (QED) is 0.225. The van der Waals surface area contributed by atoms with Gasteiger partial charge in [-0.3, -0.25) is 4.79 Å². The molecule has 1 atom stereocenters. The van der Waals surface area contributed by atoms with Gasteiger partial charge in [-0.25, -0.2) is 0 Å². The summed E-state index contributed by atoms with van der Waals surface area (Å²) in [6, 6.07) is 16.7. The van der Waals surface area contributed by atoms with Gasteiger partial charge in [0.05, 0.1) is 31.9 Å². The van der Waals surface area contributed by atoms with Gasteiger partial charge in [-0.2, -0.15) is 0 Å². The second-order valence-corrected chi connectivity index (χ2v) is 12.0. The Hall–Kier alpha value is -3.01. The van der Waals surface area contributed by atoms with E-state index in [1.54, 1.807) is 18.2 Å². The molecule has 2 N–H and O–H groups in total. The molecule has 7 nitrogen and oxygen atoms in total. The fraction of sp³-hybridized carbons (Fsp3) is 0.241. The van der Waals surface area contributed by atoms with Crippen LogP contribution >= 0.6 is 34.8 Å². The number of carbonyl (C=O) groups excluding carboxylic acids is 1. The monoisotopic (exact) mass is 595 g/mol. The number of nitrogens with zero attached hydrogens (tertiary/aromatic N) is 2. The number of carbonyl (C=O) groups is 1. The van der Waals surface area contributed by atoms with Gasteiger partial charge in [0.2, 0.25) is 0 Å². The number of oxime groups is 1. The predicted octanol–water partition coefficient (Wildman–Crippen LogP) is 5.82. The Balaban J connectivity index is 1.21. The van der Waals surface area contributed by atoms with E-state index in [1.165, 1.54) is 0 Å². The predicted molar refractivity (Wildman–Crippen MR) is 158 cm³/mol. The lowest BCUT2D eigenvalue weighted by Gasteiger charge is -2.23. The number of rotatable bonds is 5. The molecule has 1 unspecified atom stereocenters. The molecule has 0 saturated carbocycles. The maximum absolute atomic E-state index is 13.2. The fourth-order valence-electron chi connectivity index (χ4n) is 5.42. The zero-order chi connectivity index (χ0) is 28.4. The van der Waals surface area contributed by atoms with E-state index in [9.17, 15) is 9.82 Å². The van der Waals surface area contributed by atoms with Crippen molar-refractivity contribution in [3.63, 3.8) is 0 Å². The van der Waals surface area contributed by atoms with Crippen LogP contribution in [0.3, 0.4) is 0 Å². The van der Waals surface area contributed by atoms with E-state index in [1.807, 2.05) is 67.8 Å². The van der Waals surface area contributed by atoms with Crippen LogP contribution in [0.2, 0.25) is 15.1 Å². The van der Waals surface area contributed by atoms with Gasteiger partial charge in [0.15, 0.2) is 5.60 Å². The zero-order valence-electron chi connectivity index (χ0n) is 22.0. The molecule has 40 heavy (non-hydrogen) atoms. The fourth-order valence-corrected chi connectivity index (χ4v) is 6.02.